The Morgan fingerprint density at radius 1 is 1.17 bits per heavy atom. The summed E-state index contributed by atoms with van der Waals surface area (Å²) < 4.78 is 5.84. The van der Waals surface area contributed by atoms with Gasteiger partial charge in [-0.25, -0.2) is 9.97 Å². The average Bonchev–Trinajstić information content (AvgIpc) is 3.30. The van der Waals surface area contributed by atoms with Crippen LogP contribution in [0.5, 0.6) is 11.5 Å². The van der Waals surface area contributed by atoms with Crippen LogP contribution in [0.3, 0.4) is 0 Å². The molecule has 0 saturated carbocycles. The van der Waals surface area contributed by atoms with Crippen LogP contribution >= 0.6 is 11.6 Å². The van der Waals surface area contributed by atoms with Crippen molar-refractivity contribution >= 4 is 34.2 Å². The second-order valence-corrected chi connectivity index (χ2v) is 9.61. The summed E-state index contributed by atoms with van der Waals surface area (Å²) in [4.78, 5) is 27.6. The van der Waals surface area contributed by atoms with Gasteiger partial charge < -0.3 is 20.1 Å². The molecule has 0 radical (unpaired) electrons. The number of H-pyrrole nitrogens is 1. The van der Waals surface area contributed by atoms with Gasteiger partial charge in [0.25, 0.3) is 0 Å². The molecule has 9 heteroatoms. The molecule has 3 atom stereocenters. The minimum Gasteiger partial charge on any atom is -0.457 e. The smallest absolute Gasteiger partial charge is 0.196 e. The minimum absolute atomic E-state index is 0.124. The highest BCUT2D eigenvalue weighted by Crippen LogP contribution is 2.32. The van der Waals surface area contributed by atoms with Crippen LogP contribution in [-0.2, 0) is 0 Å². The molecule has 1 fully saturated rings. The summed E-state index contributed by atoms with van der Waals surface area (Å²) in [5.41, 5.74) is 1.38. The Labute approximate surface area is 214 Å². The Bertz CT molecular complexity index is 1370. The maximum atomic E-state index is 13.6. The number of benzene rings is 2. The first-order valence-electron chi connectivity index (χ1n) is 11.9. The standard InChI is InChI=1S/C27H28ClN5O3/c1-16(34)23-11-8-17(14-33(23)2)32-27-24-21(13-29-26(24)30-15-31-27)25(35)20-10-9-19(12-22(20)28)36-18-6-4-3-5-7-18/h3-7,9-10,12-13,15-17,23,34H,8,11,14H2,1-2H3,(H2,29,30,31,32). The predicted octanol–water partition coefficient (Wildman–Crippen LogP) is 4.89. The Balaban J connectivity index is 1.39. The van der Waals surface area contributed by atoms with Gasteiger partial charge >= 0.3 is 0 Å². The maximum absolute atomic E-state index is 13.6. The number of ketones is 1. The number of likely N-dealkylation sites (tertiary alicyclic amines) is 1. The average molecular weight is 506 g/mol. The lowest BCUT2D eigenvalue weighted by Gasteiger charge is -2.39. The van der Waals surface area contributed by atoms with Crippen LogP contribution in [0.1, 0.15) is 35.7 Å². The van der Waals surface area contributed by atoms with E-state index >= 15 is 0 Å². The Hall–Kier alpha value is -3.46. The number of para-hydroxylation sites is 1. The fraction of sp³-hybridized carbons (Fsp3) is 0.296. The molecule has 5 rings (SSSR count). The van der Waals surface area contributed by atoms with E-state index in [1.165, 1.54) is 6.33 Å². The molecule has 4 aromatic rings. The lowest BCUT2D eigenvalue weighted by atomic mass is 9.95. The van der Waals surface area contributed by atoms with E-state index in [9.17, 15) is 9.90 Å². The van der Waals surface area contributed by atoms with E-state index in [1.54, 1.807) is 24.4 Å². The number of hydrogen-bond acceptors (Lipinski definition) is 7. The lowest BCUT2D eigenvalue weighted by Crippen LogP contribution is -2.50. The number of fused-ring (bicyclic) bond motifs is 1. The molecule has 0 amide bonds. The second kappa shape index (κ2) is 10.3. The van der Waals surface area contributed by atoms with Gasteiger partial charge in [-0.2, -0.15) is 0 Å². The fourth-order valence-electron chi connectivity index (χ4n) is 4.85. The van der Waals surface area contributed by atoms with Crippen LogP contribution in [0.25, 0.3) is 11.0 Å². The van der Waals surface area contributed by atoms with E-state index in [-0.39, 0.29) is 24.0 Å². The number of nitrogens with one attached hydrogen (secondary N) is 2. The summed E-state index contributed by atoms with van der Waals surface area (Å²) >= 11 is 6.53. The molecule has 186 valence electrons. The second-order valence-electron chi connectivity index (χ2n) is 9.20. The van der Waals surface area contributed by atoms with E-state index in [4.69, 9.17) is 16.3 Å². The number of likely N-dealkylation sites (N-methyl/N-ethyl adjacent to an activating group) is 1. The molecule has 0 spiro atoms. The van der Waals surface area contributed by atoms with E-state index in [1.807, 2.05) is 44.3 Å². The molecule has 2 aromatic carbocycles. The summed E-state index contributed by atoms with van der Waals surface area (Å²) in [5, 5.41) is 14.4. The molecular weight excluding hydrogens is 478 g/mol. The molecule has 36 heavy (non-hydrogen) atoms. The number of ether oxygens (including phenoxy) is 1. The molecule has 0 bridgehead atoms. The SMILES string of the molecule is CC(O)C1CCC(Nc2ncnc3[nH]cc(C(=O)c4ccc(Oc5ccccc5)cc4Cl)c23)CN1C. The first-order valence-corrected chi connectivity index (χ1v) is 12.3. The number of aliphatic hydroxyl groups is 1. The van der Waals surface area contributed by atoms with Crippen LogP contribution in [0.2, 0.25) is 5.02 Å². The van der Waals surface area contributed by atoms with Crippen molar-refractivity contribution < 1.29 is 14.6 Å². The molecule has 2 aromatic heterocycles. The highest BCUT2D eigenvalue weighted by Gasteiger charge is 2.29. The number of aromatic amines is 1. The third-order valence-electron chi connectivity index (χ3n) is 6.66. The lowest BCUT2D eigenvalue weighted by molar-refractivity contribution is 0.0493. The van der Waals surface area contributed by atoms with Gasteiger partial charge in [0.15, 0.2) is 5.78 Å². The van der Waals surface area contributed by atoms with Crippen LogP contribution in [0.15, 0.2) is 61.1 Å². The molecule has 3 heterocycles. The summed E-state index contributed by atoms with van der Waals surface area (Å²) in [6.07, 6.45) is 4.49. The number of rotatable bonds is 7. The molecule has 1 aliphatic heterocycles. The van der Waals surface area contributed by atoms with Crippen molar-refractivity contribution in [1.82, 2.24) is 19.9 Å². The Kier molecular flexibility index (Phi) is 6.91. The normalized spacial score (nSPS) is 19.2. The number of carbonyl (C=O) groups excluding carboxylic acids is 1. The highest BCUT2D eigenvalue weighted by atomic mass is 35.5. The quantitative estimate of drug-likeness (QED) is 0.307. The molecule has 3 N–H and O–H groups in total. The summed E-state index contributed by atoms with van der Waals surface area (Å²) in [6.45, 7) is 2.58. The third-order valence-corrected chi connectivity index (χ3v) is 6.97. The minimum atomic E-state index is -0.384. The van der Waals surface area contributed by atoms with Crippen molar-refractivity contribution in [2.45, 2.75) is 38.0 Å². The zero-order valence-corrected chi connectivity index (χ0v) is 20.9. The maximum Gasteiger partial charge on any atom is 0.196 e. The first kappa shape index (κ1) is 24.2. The van der Waals surface area contributed by atoms with Crippen molar-refractivity contribution in [3.05, 3.63) is 77.2 Å². The summed E-state index contributed by atoms with van der Waals surface area (Å²) in [7, 11) is 2.01. The van der Waals surface area contributed by atoms with Crippen LogP contribution in [-0.4, -0.2) is 62.5 Å². The van der Waals surface area contributed by atoms with Gasteiger partial charge in [-0.1, -0.05) is 29.8 Å². The van der Waals surface area contributed by atoms with Gasteiger partial charge in [-0.05, 0) is 51.1 Å². The molecule has 0 aliphatic carbocycles. The van der Waals surface area contributed by atoms with E-state index in [2.05, 4.69) is 25.2 Å². The van der Waals surface area contributed by atoms with Gasteiger partial charge in [0.2, 0.25) is 0 Å². The number of piperidine rings is 1. The topological polar surface area (TPSA) is 103 Å². The predicted molar refractivity (Wildman–Crippen MR) is 140 cm³/mol. The van der Waals surface area contributed by atoms with Crippen molar-refractivity contribution in [3.63, 3.8) is 0 Å². The van der Waals surface area contributed by atoms with Crippen LogP contribution < -0.4 is 10.1 Å². The summed E-state index contributed by atoms with van der Waals surface area (Å²) in [5.74, 6) is 1.60. The van der Waals surface area contributed by atoms with Gasteiger partial charge in [0.05, 0.1) is 22.1 Å². The molecular formula is C27H28ClN5O3. The van der Waals surface area contributed by atoms with Crippen LogP contribution in [0.4, 0.5) is 5.82 Å². The number of anilines is 1. The van der Waals surface area contributed by atoms with Crippen molar-refractivity contribution in [2.24, 2.45) is 0 Å². The van der Waals surface area contributed by atoms with E-state index < -0.39 is 0 Å². The fourth-order valence-corrected chi connectivity index (χ4v) is 5.11. The zero-order chi connectivity index (χ0) is 25.2. The number of carbonyl (C=O) groups is 1. The van der Waals surface area contributed by atoms with Crippen molar-refractivity contribution in [2.75, 3.05) is 18.9 Å². The molecule has 3 unspecified atom stereocenters. The van der Waals surface area contributed by atoms with E-state index in [0.29, 0.717) is 44.5 Å². The monoisotopic (exact) mass is 505 g/mol. The van der Waals surface area contributed by atoms with Gasteiger partial charge in [0.1, 0.15) is 29.3 Å². The number of aliphatic hydroxyl groups excluding tert-OH is 1. The number of nitrogens with zero attached hydrogens (tertiary/aromatic N) is 3. The van der Waals surface area contributed by atoms with Crippen LogP contribution in [0, 0.1) is 0 Å². The molecule has 1 aliphatic rings. The van der Waals surface area contributed by atoms with Crippen molar-refractivity contribution in [1.29, 1.82) is 0 Å². The number of halogens is 1. The Morgan fingerprint density at radius 3 is 2.69 bits per heavy atom. The zero-order valence-electron chi connectivity index (χ0n) is 20.1. The van der Waals surface area contributed by atoms with E-state index in [0.717, 1.165) is 19.4 Å². The van der Waals surface area contributed by atoms with Gasteiger partial charge in [-0.15, -0.1) is 0 Å². The number of aromatic nitrogens is 3. The molecule has 8 nitrogen and oxygen atoms in total. The highest BCUT2D eigenvalue weighted by molar-refractivity contribution is 6.35. The Morgan fingerprint density at radius 2 is 1.97 bits per heavy atom. The van der Waals surface area contributed by atoms with Gasteiger partial charge in [-0.3, -0.25) is 9.69 Å². The number of hydrogen-bond donors (Lipinski definition) is 3. The van der Waals surface area contributed by atoms with Gasteiger partial charge in [0, 0.05) is 36.5 Å². The molecule has 1 saturated heterocycles. The third kappa shape index (κ3) is 4.93. The van der Waals surface area contributed by atoms with Crippen molar-refractivity contribution in [3.8, 4) is 11.5 Å². The first-order chi connectivity index (χ1) is 17.4. The largest absolute Gasteiger partial charge is 0.457 e. The summed E-state index contributed by atoms with van der Waals surface area (Å²) in [6, 6.07) is 14.7.